The standard InChI is InChI=1S/C14H14FNO2/c15-12-9-6-8-10(12)11(8)13(9)18-14(17)16-7-4-2-1-3-5-7/h1-5,8-13H,6H2,(H,16,17)/t8?,9?,10?,11?,12-,13-/m0/s1. The molecule has 1 aromatic carbocycles. The average Bonchev–Trinajstić information content (AvgIpc) is 2.69. The van der Waals surface area contributed by atoms with Crippen molar-refractivity contribution in [2.75, 3.05) is 5.32 Å². The van der Waals surface area contributed by atoms with Gasteiger partial charge in [-0.3, -0.25) is 5.32 Å². The Morgan fingerprint density at radius 2 is 2.00 bits per heavy atom. The van der Waals surface area contributed by atoms with Gasteiger partial charge in [-0.2, -0.15) is 0 Å². The highest BCUT2D eigenvalue weighted by molar-refractivity contribution is 5.84. The minimum Gasteiger partial charge on any atom is -0.445 e. The number of ether oxygens (including phenoxy) is 1. The number of benzene rings is 1. The Morgan fingerprint density at radius 3 is 2.56 bits per heavy atom. The Morgan fingerprint density at radius 1 is 1.22 bits per heavy atom. The van der Waals surface area contributed by atoms with Gasteiger partial charge in [0.25, 0.3) is 0 Å². The van der Waals surface area contributed by atoms with E-state index in [4.69, 9.17) is 4.74 Å². The van der Waals surface area contributed by atoms with Crippen LogP contribution in [0.1, 0.15) is 6.42 Å². The van der Waals surface area contributed by atoms with Crippen LogP contribution in [0.2, 0.25) is 0 Å². The fourth-order valence-corrected chi connectivity index (χ4v) is 3.94. The summed E-state index contributed by atoms with van der Waals surface area (Å²) in [5.41, 5.74) is 0.706. The highest BCUT2D eigenvalue weighted by Gasteiger charge is 2.75. The Kier molecular flexibility index (Phi) is 1.99. The van der Waals surface area contributed by atoms with Crippen molar-refractivity contribution in [1.29, 1.82) is 0 Å². The Labute approximate surface area is 104 Å². The van der Waals surface area contributed by atoms with Crippen LogP contribution in [0.5, 0.6) is 0 Å². The minimum atomic E-state index is -0.741. The molecule has 4 aliphatic carbocycles. The Hall–Kier alpha value is -1.58. The maximum absolute atomic E-state index is 13.7. The van der Waals surface area contributed by atoms with E-state index in [1.165, 1.54) is 0 Å². The molecular formula is C14H14FNO2. The SMILES string of the molecule is O=C(Nc1ccccc1)O[C@@H]1C2C3CC1[C@H](F)C32. The molecule has 4 bridgehead atoms. The average molecular weight is 247 g/mol. The van der Waals surface area contributed by atoms with Crippen molar-refractivity contribution < 1.29 is 13.9 Å². The van der Waals surface area contributed by atoms with Crippen molar-refractivity contribution in [3.05, 3.63) is 30.3 Å². The largest absolute Gasteiger partial charge is 0.445 e. The first-order valence-corrected chi connectivity index (χ1v) is 6.42. The molecule has 4 aliphatic rings. The lowest BCUT2D eigenvalue weighted by Crippen LogP contribution is -2.27. The van der Waals surface area contributed by atoms with Gasteiger partial charge >= 0.3 is 6.09 Å². The number of halogens is 1. The maximum Gasteiger partial charge on any atom is 0.411 e. The van der Waals surface area contributed by atoms with Gasteiger partial charge in [0.2, 0.25) is 0 Å². The van der Waals surface area contributed by atoms with E-state index in [1.807, 2.05) is 18.2 Å². The lowest BCUT2D eigenvalue weighted by molar-refractivity contribution is 0.0752. The molecule has 0 heterocycles. The van der Waals surface area contributed by atoms with Crippen molar-refractivity contribution in [3.63, 3.8) is 0 Å². The van der Waals surface area contributed by atoms with Crippen molar-refractivity contribution in [1.82, 2.24) is 0 Å². The molecule has 0 radical (unpaired) electrons. The molecule has 3 nitrogen and oxygen atoms in total. The van der Waals surface area contributed by atoms with Gasteiger partial charge in [-0.05, 0) is 24.5 Å². The topological polar surface area (TPSA) is 38.3 Å². The summed E-state index contributed by atoms with van der Waals surface area (Å²) in [4.78, 5) is 11.7. The zero-order valence-electron chi connectivity index (χ0n) is 9.75. The van der Waals surface area contributed by atoms with Gasteiger partial charge in [0.1, 0.15) is 12.3 Å². The summed E-state index contributed by atoms with van der Waals surface area (Å²) in [5, 5.41) is 2.68. The quantitative estimate of drug-likeness (QED) is 0.872. The lowest BCUT2D eigenvalue weighted by atomic mass is 10.1. The van der Waals surface area contributed by atoms with Crippen LogP contribution >= 0.6 is 0 Å². The van der Waals surface area contributed by atoms with Gasteiger partial charge in [-0.25, -0.2) is 9.18 Å². The summed E-state index contributed by atoms with van der Waals surface area (Å²) in [5.74, 6) is 0.919. The third-order valence-electron chi connectivity index (χ3n) is 4.68. The molecule has 1 aromatic rings. The number of nitrogens with one attached hydrogen (secondary N) is 1. The van der Waals surface area contributed by atoms with Crippen LogP contribution in [0.4, 0.5) is 14.9 Å². The third kappa shape index (κ3) is 1.32. The molecule has 6 atom stereocenters. The predicted molar refractivity (Wildman–Crippen MR) is 63.8 cm³/mol. The first-order chi connectivity index (χ1) is 8.75. The smallest absolute Gasteiger partial charge is 0.411 e. The third-order valence-corrected chi connectivity index (χ3v) is 4.68. The number of amides is 1. The summed E-state index contributed by atoms with van der Waals surface area (Å²) in [7, 11) is 0. The first kappa shape index (κ1) is 10.4. The number of hydrogen-bond acceptors (Lipinski definition) is 2. The molecule has 4 heteroatoms. The van der Waals surface area contributed by atoms with Crippen LogP contribution in [-0.2, 0) is 4.74 Å². The molecule has 5 rings (SSSR count). The van der Waals surface area contributed by atoms with Gasteiger partial charge in [-0.15, -0.1) is 0 Å². The molecule has 4 fully saturated rings. The molecule has 0 aromatic heterocycles. The number of rotatable bonds is 2. The second-order valence-electron chi connectivity index (χ2n) is 5.52. The van der Waals surface area contributed by atoms with Gasteiger partial charge in [-0.1, -0.05) is 18.2 Å². The van der Waals surface area contributed by atoms with Gasteiger partial charge in [0, 0.05) is 23.4 Å². The molecule has 1 amide bonds. The molecule has 1 N–H and O–H groups in total. The Bertz CT molecular complexity index is 492. The van der Waals surface area contributed by atoms with Crippen molar-refractivity contribution >= 4 is 11.8 Å². The summed E-state index contributed by atoms with van der Waals surface area (Å²) in [6.45, 7) is 0. The van der Waals surface area contributed by atoms with Gasteiger partial charge in [0.15, 0.2) is 0 Å². The minimum absolute atomic E-state index is 0.0495. The molecule has 4 unspecified atom stereocenters. The maximum atomic E-state index is 13.7. The van der Waals surface area contributed by atoms with Gasteiger partial charge < -0.3 is 4.74 Å². The van der Waals surface area contributed by atoms with E-state index in [0.717, 1.165) is 6.42 Å². The van der Waals surface area contributed by atoms with E-state index in [1.54, 1.807) is 12.1 Å². The number of anilines is 1. The highest BCUT2D eigenvalue weighted by atomic mass is 19.1. The summed E-state index contributed by atoms with van der Waals surface area (Å²) < 4.78 is 19.1. The van der Waals surface area contributed by atoms with Crippen LogP contribution in [-0.4, -0.2) is 18.4 Å². The van der Waals surface area contributed by atoms with E-state index in [9.17, 15) is 9.18 Å². The summed E-state index contributed by atoms with van der Waals surface area (Å²) in [6.07, 6.45) is -0.496. The van der Waals surface area contributed by atoms with Crippen LogP contribution in [0.25, 0.3) is 0 Å². The zero-order valence-corrected chi connectivity index (χ0v) is 9.75. The Balaban J connectivity index is 1.40. The van der Waals surface area contributed by atoms with E-state index in [2.05, 4.69) is 5.32 Å². The van der Waals surface area contributed by atoms with Crippen molar-refractivity contribution in [2.24, 2.45) is 23.7 Å². The number of carbonyl (C=O) groups is 1. The van der Waals surface area contributed by atoms with Crippen LogP contribution < -0.4 is 5.32 Å². The number of hydrogen-bond donors (Lipinski definition) is 1. The first-order valence-electron chi connectivity index (χ1n) is 6.42. The second-order valence-corrected chi connectivity index (χ2v) is 5.52. The van der Waals surface area contributed by atoms with Crippen molar-refractivity contribution in [3.8, 4) is 0 Å². The highest BCUT2D eigenvalue weighted by Crippen LogP contribution is 2.72. The molecule has 0 aliphatic heterocycles. The zero-order chi connectivity index (χ0) is 12.3. The number of para-hydroxylation sites is 1. The molecule has 94 valence electrons. The van der Waals surface area contributed by atoms with E-state index >= 15 is 0 Å². The molecular weight excluding hydrogens is 233 g/mol. The van der Waals surface area contributed by atoms with E-state index < -0.39 is 12.3 Å². The fourth-order valence-electron chi connectivity index (χ4n) is 3.94. The normalized spacial score (nSPS) is 42.7. The fraction of sp³-hybridized carbons (Fsp3) is 0.500. The summed E-state index contributed by atoms with van der Waals surface area (Å²) >= 11 is 0. The van der Waals surface area contributed by atoms with Crippen LogP contribution in [0.3, 0.4) is 0 Å². The van der Waals surface area contributed by atoms with Crippen LogP contribution in [0.15, 0.2) is 30.3 Å². The van der Waals surface area contributed by atoms with E-state index in [-0.39, 0.29) is 17.9 Å². The van der Waals surface area contributed by atoms with E-state index in [0.29, 0.717) is 17.5 Å². The molecule has 0 spiro atoms. The molecule has 4 saturated carbocycles. The van der Waals surface area contributed by atoms with Crippen LogP contribution in [0, 0.1) is 23.7 Å². The van der Waals surface area contributed by atoms with Gasteiger partial charge in [0.05, 0.1) is 0 Å². The number of alkyl halides is 1. The summed E-state index contributed by atoms with van der Waals surface area (Å²) in [6, 6.07) is 9.17. The van der Waals surface area contributed by atoms with Crippen molar-refractivity contribution in [2.45, 2.75) is 18.7 Å². The lowest BCUT2D eigenvalue weighted by Gasteiger charge is -2.17. The molecule has 18 heavy (non-hydrogen) atoms. The number of carbonyl (C=O) groups excluding carboxylic acids is 1. The monoisotopic (exact) mass is 247 g/mol. The second kappa shape index (κ2) is 3.46. The molecule has 0 saturated heterocycles. The predicted octanol–water partition coefficient (Wildman–Crippen LogP) is 2.84.